The first-order chi connectivity index (χ1) is 24.6. The summed E-state index contributed by atoms with van der Waals surface area (Å²) in [7, 11) is 0. The molecule has 8 aromatic rings. The number of hydrogen-bond donors (Lipinski definition) is 0. The lowest BCUT2D eigenvalue weighted by molar-refractivity contribution is 1.26. The molecule has 0 saturated carbocycles. The number of benzene rings is 8. The lowest BCUT2D eigenvalue weighted by atomic mass is 9.99. The van der Waals surface area contributed by atoms with Crippen LogP contribution in [0.3, 0.4) is 0 Å². The molecule has 0 bridgehead atoms. The van der Waals surface area contributed by atoms with E-state index in [1.54, 1.807) is 0 Å². The summed E-state index contributed by atoms with van der Waals surface area (Å²) < 4.78 is 0. The molecule has 8 aromatic carbocycles. The fraction of sp³-hybridized carbons (Fsp3) is 0.0417. The summed E-state index contributed by atoms with van der Waals surface area (Å²) in [4.78, 5) is 4.69. The van der Waals surface area contributed by atoms with Crippen molar-refractivity contribution in [3.63, 3.8) is 0 Å². The van der Waals surface area contributed by atoms with Gasteiger partial charge in [-0.2, -0.15) is 0 Å². The molecule has 0 aliphatic heterocycles. The second-order valence-electron chi connectivity index (χ2n) is 12.9. The molecular weight excluding hydrogens is 605 g/mol. The Labute approximate surface area is 294 Å². The van der Waals surface area contributed by atoms with E-state index in [1.165, 1.54) is 38.4 Å². The lowest BCUT2D eigenvalue weighted by Gasteiger charge is -2.27. The Morgan fingerprint density at radius 2 is 0.800 bits per heavy atom. The topological polar surface area (TPSA) is 6.48 Å². The molecule has 2 heteroatoms. The third kappa shape index (κ3) is 6.27. The molecule has 0 N–H and O–H groups in total. The molecule has 0 radical (unpaired) electrons. The van der Waals surface area contributed by atoms with Crippen molar-refractivity contribution < 1.29 is 0 Å². The molecule has 0 aliphatic carbocycles. The molecule has 0 heterocycles. The van der Waals surface area contributed by atoms with Crippen LogP contribution in [0.5, 0.6) is 0 Å². The van der Waals surface area contributed by atoms with Crippen molar-refractivity contribution in [1.82, 2.24) is 0 Å². The third-order valence-corrected chi connectivity index (χ3v) is 9.29. The van der Waals surface area contributed by atoms with E-state index in [9.17, 15) is 0 Å². The van der Waals surface area contributed by atoms with Gasteiger partial charge >= 0.3 is 0 Å². The number of nitrogens with zero attached hydrogens (tertiary/aromatic N) is 2. The predicted octanol–water partition coefficient (Wildman–Crippen LogP) is 13.7. The first kappa shape index (κ1) is 30.9. The molecule has 240 valence electrons. The van der Waals surface area contributed by atoms with E-state index in [-0.39, 0.29) is 0 Å². The van der Waals surface area contributed by atoms with E-state index in [4.69, 9.17) is 0 Å². The largest absolute Gasteiger partial charge is 0.310 e. The van der Waals surface area contributed by atoms with E-state index < -0.39 is 0 Å². The predicted molar refractivity (Wildman–Crippen MR) is 216 cm³/mol. The zero-order valence-corrected chi connectivity index (χ0v) is 28.4. The van der Waals surface area contributed by atoms with Crippen LogP contribution in [0.4, 0.5) is 34.1 Å². The molecule has 2 nitrogen and oxygen atoms in total. The number of fused-ring (bicyclic) bond motifs is 3. The highest BCUT2D eigenvalue weighted by Crippen LogP contribution is 2.42. The van der Waals surface area contributed by atoms with Crippen molar-refractivity contribution in [2.75, 3.05) is 9.80 Å². The van der Waals surface area contributed by atoms with Crippen LogP contribution in [0.15, 0.2) is 182 Å². The molecule has 0 aliphatic rings. The van der Waals surface area contributed by atoms with Gasteiger partial charge in [-0.3, -0.25) is 0 Å². The Morgan fingerprint density at radius 1 is 0.340 bits per heavy atom. The van der Waals surface area contributed by atoms with Gasteiger partial charge < -0.3 is 9.80 Å². The lowest BCUT2D eigenvalue weighted by Crippen LogP contribution is -2.10. The molecule has 0 amide bonds. The number of aryl methyl sites for hydroxylation is 2. The molecule has 0 fully saturated rings. The van der Waals surface area contributed by atoms with Crippen LogP contribution in [0.2, 0.25) is 0 Å². The summed E-state index contributed by atoms with van der Waals surface area (Å²) in [6.45, 7) is 4.28. The zero-order valence-electron chi connectivity index (χ0n) is 28.4. The monoisotopic (exact) mass is 642 g/mol. The van der Waals surface area contributed by atoms with E-state index in [0.29, 0.717) is 0 Å². The van der Waals surface area contributed by atoms with E-state index in [1.807, 2.05) is 0 Å². The van der Waals surface area contributed by atoms with E-state index in [0.717, 1.165) is 39.6 Å². The molecule has 0 atom stereocenters. The molecule has 50 heavy (non-hydrogen) atoms. The standard InChI is InChI=1S/C48H38N2/c1-35-12-10-17-43(32-35)49(44-18-11-13-36(2)33-44)41-28-24-37(25-29-41)22-23-38-26-30-42(31-27-38)50(40-15-4-3-5-16-40)48-34-39-14-6-7-19-45(39)46-20-8-9-21-47(46)48/h3-34H,1-2H3. The molecule has 0 spiro atoms. The summed E-state index contributed by atoms with van der Waals surface area (Å²) in [6.07, 6.45) is 4.38. The minimum absolute atomic E-state index is 1.12. The van der Waals surface area contributed by atoms with Gasteiger partial charge in [0, 0.05) is 33.8 Å². The fourth-order valence-electron chi connectivity index (χ4n) is 6.87. The Kier molecular flexibility index (Phi) is 8.42. The normalized spacial score (nSPS) is 11.3. The van der Waals surface area contributed by atoms with Crippen molar-refractivity contribution in [2.24, 2.45) is 0 Å². The minimum atomic E-state index is 1.12. The van der Waals surface area contributed by atoms with Gasteiger partial charge in [-0.05, 0) is 119 Å². The number of hydrogen-bond acceptors (Lipinski definition) is 2. The van der Waals surface area contributed by atoms with Gasteiger partial charge in [0.2, 0.25) is 0 Å². The van der Waals surface area contributed by atoms with Crippen LogP contribution in [0, 0.1) is 13.8 Å². The number of rotatable bonds is 8. The quantitative estimate of drug-likeness (QED) is 0.120. The smallest absolute Gasteiger partial charge is 0.0546 e. The average molecular weight is 643 g/mol. The fourth-order valence-corrected chi connectivity index (χ4v) is 6.87. The van der Waals surface area contributed by atoms with Gasteiger partial charge in [0.1, 0.15) is 0 Å². The highest BCUT2D eigenvalue weighted by molar-refractivity contribution is 6.14. The Morgan fingerprint density at radius 3 is 1.38 bits per heavy atom. The second-order valence-corrected chi connectivity index (χ2v) is 12.9. The second kappa shape index (κ2) is 13.6. The Hall–Kier alpha value is -6.38. The third-order valence-electron chi connectivity index (χ3n) is 9.29. The van der Waals surface area contributed by atoms with Gasteiger partial charge in [0.15, 0.2) is 0 Å². The van der Waals surface area contributed by atoms with Crippen molar-refractivity contribution in [3.8, 4) is 0 Å². The maximum Gasteiger partial charge on any atom is 0.0546 e. The SMILES string of the molecule is Cc1cccc(N(c2ccc(C=Cc3ccc(N(c4ccccc4)c4cc5ccccc5c5ccccc45)cc3)cc2)c2cccc(C)c2)c1. The van der Waals surface area contributed by atoms with Crippen LogP contribution in [0.1, 0.15) is 22.3 Å². The number of anilines is 6. The zero-order chi connectivity index (χ0) is 33.9. The Balaban J connectivity index is 1.10. The van der Waals surface area contributed by atoms with E-state index >= 15 is 0 Å². The highest BCUT2D eigenvalue weighted by atomic mass is 15.1. The van der Waals surface area contributed by atoms with Gasteiger partial charge in [-0.25, -0.2) is 0 Å². The van der Waals surface area contributed by atoms with Crippen molar-refractivity contribution in [1.29, 1.82) is 0 Å². The summed E-state index contributed by atoms with van der Waals surface area (Å²) in [6, 6.07) is 65.4. The Bertz CT molecular complexity index is 2400. The van der Waals surface area contributed by atoms with Crippen molar-refractivity contribution >= 4 is 67.8 Å². The minimum Gasteiger partial charge on any atom is -0.310 e. The van der Waals surface area contributed by atoms with Crippen LogP contribution in [0.25, 0.3) is 33.7 Å². The van der Waals surface area contributed by atoms with E-state index in [2.05, 4.69) is 218 Å². The maximum absolute atomic E-state index is 2.37. The molecule has 0 unspecified atom stereocenters. The maximum atomic E-state index is 2.37. The van der Waals surface area contributed by atoms with Gasteiger partial charge in [0.25, 0.3) is 0 Å². The van der Waals surface area contributed by atoms with Crippen molar-refractivity contribution in [3.05, 3.63) is 204 Å². The van der Waals surface area contributed by atoms with Gasteiger partial charge in [-0.1, -0.05) is 127 Å². The van der Waals surface area contributed by atoms with Crippen LogP contribution in [-0.4, -0.2) is 0 Å². The summed E-state index contributed by atoms with van der Waals surface area (Å²) in [5.41, 5.74) is 11.6. The highest BCUT2D eigenvalue weighted by Gasteiger charge is 2.17. The van der Waals surface area contributed by atoms with Gasteiger partial charge in [0.05, 0.1) is 5.69 Å². The van der Waals surface area contributed by atoms with Crippen LogP contribution < -0.4 is 9.80 Å². The van der Waals surface area contributed by atoms with Crippen molar-refractivity contribution in [2.45, 2.75) is 13.8 Å². The molecular formula is C48H38N2. The molecule has 0 saturated heterocycles. The summed E-state index contributed by atoms with van der Waals surface area (Å²) in [5.74, 6) is 0. The van der Waals surface area contributed by atoms with Gasteiger partial charge in [-0.15, -0.1) is 0 Å². The average Bonchev–Trinajstić information content (AvgIpc) is 3.16. The summed E-state index contributed by atoms with van der Waals surface area (Å²) in [5, 5.41) is 4.99. The number of para-hydroxylation sites is 1. The molecule has 0 aromatic heterocycles. The first-order valence-electron chi connectivity index (χ1n) is 17.2. The van der Waals surface area contributed by atoms with Crippen LogP contribution in [-0.2, 0) is 0 Å². The summed E-state index contributed by atoms with van der Waals surface area (Å²) >= 11 is 0. The van der Waals surface area contributed by atoms with Crippen LogP contribution >= 0.6 is 0 Å². The molecule has 8 rings (SSSR count). The first-order valence-corrected chi connectivity index (χ1v) is 17.2.